The molecule has 2 aromatic rings. The van der Waals surface area contributed by atoms with E-state index in [2.05, 4.69) is 31.0 Å². The highest BCUT2D eigenvalue weighted by Gasteiger charge is 2.54. The summed E-state index contributed by atoms with van der Waals surface area (Å²) in [4.78, 5) is 55.9. The first-order valence-electron chi connectivity index (χ1n) is 14.1. The van der Waals surface area contributed by atoms with Gasteiger partial charge >= 0.3 is 11.9 Å². The second-order valence-corrected chi connectivity index (χ2v) is 12.5. The molecule has 4 heterocycles. The number of nitrogens with one attached hydrogen (secondary N) is 1. The Morgan fingerprint density at radius 1 is 1.27 bits per heavy atom. The topological polar surface area (TPSA) is 206 Å². The third-order valence-corrected chi connectivity index (χ3v) is 9.03. The molecule has 19 heteroatoms. The molecule has 0 aliphatic carbocycles. The fourth-order valence-corrected chi connectivity index (χ4v) is 6.83. The number of thioether (sulfide) groups is 2. The maximum atomic E-state index is 13.5. The minimum atomic E-state index is -1.16. The highest BCUT2D eigenvalue weighted by Crippen LogP contribution is 2.42. The zero-order chi connectivity index (χ0) is 31.8. The summed E-state index contributed by atoms with van der Waals surface area (Å²) in [7, 11) is 3.90. The largest absolute Gasteiger partial charge is 0.425 e. The van der Waals surface area contributed by atoms with Gasteiger partial charge in [0.1, 0.15) is 17.1 Å². The van der Waals surface area contributed by atoms with E-state index in [1.54, 1.807) is 4.68 Å². The smallest absolute Gasteiger partial charge is 0.358 e. The third-order valence-electron chi connectivity index (χ3n) is 6.64. The van der Waals surface area contributed by atoms with E-state index in [0.29, 0.717) is 40.9 Å². The van der Waals surface area contributed by atoms with Crippen LogP contribution < -0.4 is 11.2 Å². The molecule has 2 aliphatic heterocycles. The summed E-state index contributed by atoms with van der Waals surface area (Å²) >= 11 is 2.74. The van der Waals surface area contributed by atoms with Crippen LogP contribution in [-0.4, -0.2) is 119 Å². The summed E-state index contributed by atoms with van der Waals surface area (Å²) in [5.41, 5.74) is 1.03. The standard InChI is InChI=1S/C25H37N11O6S2/c1-5-6-7-8-19(38)41-15(2)42-24(40)21-16(14-44-25-29-31-32-34(25)10-9-33(3)4)13-43-23-20(22(39)35(21)23)28-18(37)11-17-12-27-36(26)30-17/h12,15,20,23H,5-11,13-14,26H2,1-4H3,(H,28,37)/t15?,20-,23+/m1/s1. The van der Waals surface area contributed by atoms with Gasteiger partial charge in [-0.25, -0.2) is 9.48 Å². The number of rotatable bonds is 16. The minimum absolute atomic E-state index is 0.0593. The first-order chi connectivity index (χ1) is 21.1. The van der Waals surface area contributed by atoms with Gasteiger partial charge in [0.2, 0.25) is 17.4 Å². The maximum absolute atomic E-state index is 13.5. The zero-order valence-electron chi connectivity index (χ0n) is 25.0. The molecule has 3 atom stereocenters. The Kier molecular flexibility index (Phi) is 11.6. The lowest BCUT2D eigenvalue weighted by atomic mass is 10.0. The van der Waals surface area contributed by atoms with E-state index in [0.717, 1.165) is 24.3 Å². The van der Waals surface area contributed by atoms with E-state index < -0.39 is 41.5 Å². The van der Waals surface area contributed by atoms with Crippen LogP contribution in [0.4, 0.5) is 0 Å². The highest BCUT2D eigenvalue weighted by molar-refractivity contribution is 8.01. The Hall–Kier alpha value is -3.71. The number of esters is 2. The van der Waals surface area contributed by atoms with Crippen LogP contribution >= 0.6 is 23.5 Å². The molecule has 3 N–H and O–H groups in total. The summed E-state index contributed by atoms with van der Waals surface area (Å²) < 4.78 is 12.5. The number of fused-ring (bicyclic) bond motifs is 1. The fourth-order valence-electron chi connectivity index (χ4n) is 4.44. The van der Waals surface area contributed by atoms with Crippen LogP contribution in [0.5, 0.6) is 0 Å². The van der Waals surface area contributed by atoms with Crippen molar-refractivity contribution in [2.24, 2.45) is 0 Å². The molecule has 0 spiro atoms. The molecule has 0 saturated carbocycles. The predicted octanol–water partition coefficient (Wildman–Crippen LogP) is -0.458. The normalized spacial score (nSPS) is 18.6. The molecule has 1 unspecified atom stereocenters. The molecule has 44 heavy (non-hydrogen) atoms. The molecule has 4 rings (SSSR count). The molecule has 2 aromatic heterocycles. The Morgan fingerprint density at radius 3 is 2.77 bits per heavy atom. The number of nitrogens with two attached hydrogens (primary N) is 1. The first kappa shape index (κ1) is 33.2. The molecule has 0 aromatic carbocycles. The number of hydrogen-bond acceptors (Lipinski definition) is 15. The summed E-state index contributed by atoms with van der Waals surface area (Å²) in [5, 5.41) is 22.3. The van der Waals surface area contributed by atoms with Gasteiger partial charge in [0.05, 0.1) is 24.9 Å². The second-order valence-electron chi connectivity index (χ2n) is 10.4. The van der Waals surface area contributed by atoms with Crippen LogP contribution in [0.1, 0.15) is 45.2 Å². The average molecular weight is 652 g/mol. The zero-order valence-corrected chi connectivity index (χ0v) is 26.7. The van der Waals surface area contributed by atoms with Crippen molar-refractivity contribution >= 4 is 47.3 Å². The van der Waals surface area contributed by atoms with E-state index in [1.165, 1.54) is 41.5 Å². The van der Waals surface area contributed by atoms with Crippen molar-refractivity contribution in [2.45, 2.75) is 75.4 Å². The van der Waals surface area contributed by atoms with Crippen LogP contribution in [-0.2, 0) is 41.6 Å². The minimum Gasteiger partial charge on any atom is -0.425 e. The number of likely N-dealkylation sites (N-methyl/N-ethyl adjacent to an activating group) is 1. The molecule has 17 nitrogen and oxygen atoms in total. The number of ether oxygens (including phenoxy) is 2. The van der Waals surface area contributed by atoms with Gasteiger partial charge in [0.25, 0.3) is 5.91 Å². The summed E-state index contributed by atoms with van der Waals surface area (Å²) in [6.07, 6.45) is 2.82. The number of nitrogen functional groups attached to an aromatic ring is 1. The number of nitrogens with zero attached hydrogens (tertiary/aromatic N) is 9. The summed E-state index contributed by atoms with van der Waals surface area (Å²) in [5.74, 6) is 3.95. The second kappa shape index (κ2) is 15.3. The van der Waals surface area contributed by atoms with Crippen molar-refractivity contribution < 1.29 is 28.7 Å². The molecule has 1 fully saturated rings. The van der Waals surface area contributed by atoms with E-state index in [9.17, 15) is 19.2 Å². The molecule has 0 radical (unpaired) electrons. The molecule has 240 valence electrons. The van der Waals surface area contributed by atoms with Crippen molar-refractivity contribution in [3.05, 3.63) is 23.2 Å². The van der Waals surface area contributed by atoms with E-state index in [1.807, 2.05) is 25.9 Å². The van der Waals surface area contributed by atoms with Crippen molar-refractivity contribution in [3.8, 4) is 0 Å². The number of amides is 2. The number of carbonyl (C=O) groups is 4. The number of aromatic nitrogens is 7. The van der Waals surface area contributed by atoms with Gasteiger partial charge in [-0.1, -0.05) is 36.4 Å². The van der Waals surface area contributed by atoms with Crippen LogP contribution in [0.3, 0.4) is 0 Å². The SMILES string of the molecule is CCCCCC(=O)OC(C)OC(=O)C1=C(CSc2nnnn2CCN(C)C)CS[C@H]2[C@H](NC(=O)Cc3cnn(N)n3)C(=O)N12. The van der Waals surface area contributed by atoms with Gasteiger partial charge in [-0.3, -0.25) is 19.3 Å². The van der Waals surface area contributed by atoms with Gasteiger partial charge in [0.15, 0.2) is 0 Å². The van der Waals surface area contributed by atoms with Crippen molar-refractivity contribution in [2.75, 3.05) is 38.0 Å². The van der Waals surface area contributed by atoms with Crippen LogP contribution in [0.2, 0.25) is 0 Å². The van der Waals surface area contributed by atoms with Gasteiger partial charge in [-0.15, -0.1) is 27.1 Å². The molecule has 1 saturated heterocycles. The molecule has 2 aliphatic rings. The number of tetrazole rings is 1. The van der Waals surface area contributed by atoms with E-state index in [-0.39, 0.29) is 18.5 Å². The average Bonchev–Trinajstić information content (AvgIpc) is 3.60. The number of hydrogen-bond donors (Lipinski definition) is 2. The monoisotopic (exact) mass is 651 g/mol. The Bertz CT molecular complexity index is 1380. The number of unbranched alkanes of at least 4 members (excludes halogenated alkanes) is 2. The number of carbonyl (C=O) groups excluding carboxylic acids is 4. The van der Waals surface area contributed by atoms with Gasteiger partial charge in [-0.2, -0.15) is 0 Å². The molecule has 2 amide bonds. The first-order valence-corrected chi connectivity index (χ1v) is 16.2. The van der Waals surface area contributed by atoms with Crippen molar-refractivity contribution in [3.63, 3.8) is 0 Å². The fraction of sp³-hybridized carbons (Fsp3) is 0.640. The van der Waals surface area contributed by atoms with Gasteiger partial charge < -0.3 is 25.5 Å². The van der Waals surface area contributed by atoms with Crippen molar-refractivity contribution in [1.29, 1.82) is 0 Å². The third kappa shape index (κ3) is 8.47. The van der Waals surface area contributed by atoms with E-state index >= 15 is 0 Å². The predicted molar refractivity (Wildman–Crippen MR) is 159 cm³/mol. The van der Waals surface area contributed by atoms with E-state index in [4.69, 9.17) is 15.3 Å². The maximum Gasteiger partial charge on any atom is 0.358 e. The lowest BCUT2D eigenvalue weighted by molar-refractivity contribution is -0.184. The van der Waals surface area contributed by atoms with Crippen LogP contribution in [0.25, 0.3) is 0 Å². The lowest BCUT2D eigenvalue weighted by Gasteiger charge is -2.49. The summed E-state index contributed by atoms with van der Waals surface area (Å²) in [6, 6.07) is -0.857. The summed E-state index contributed by atoms with van der Waals surface area (Å²) in [6.45, 7) is 4.78. The lowest BCUT2D eigenvalue weighted by Crippen LogP contribution is -2.70. The Labute approximate surface area is 262 Å². The molecular formula is C25H37N11O6S2. The van der Waals surface area contributed by atoms with Crippen LogP contribution in [0.15, 0.2) is 22.6 Å². The molecule has 0 bridgehead atoms. The number of β-lactam (4-membered cyclic amide) rings is 1. The van der Waals surface area contributed by atoms with Crippen molar-refractivity contribution in [1.82, 2.24) is 50.4 Å². The Balaban J connectivity index is 1.47. The molecular weight excluding hydrogens is 614 g/mol. The van der Waals surface area contributed by atoms with Gasteiger partial charge in [-0.05, 0) is 36.5 Å². The Morgan fingerprint density at radius 2 is 2.07 bits per heavy atom. The van der Waals surface area contributed by atoms with Gasteiger partial charge in [0, 0.05) is 31.4 Å². The quantitative estimate of drug-likeness (QED) is 0.0588. The van der Waals surface area contributed by atoms with Crippen LogP contribution in [0, 0.1) is 0 Å². The highest BCUT2D eigenvalue weighted by atomic mass is 32.2.